The number of aliphatic hydroxyl groups excluding tert-OH is 1. The quantitative estimate of drug-likeness (QED) is 0.769. The molecule has 0 bridgehead atoms. The van der Waals surface area contributed by atoms with Crippen LogP contribution >= 0.6 is 0 Å². The predicted octanol–water partition coefficient (Wildman–Crippen LogP) is 1.82. The molecule has 1 fully saturated rings. The number of phenols is 1. The molecule has 1 aliphatic rings. The van der Waals surface area contributed by atoms with Crippen molar-refractivity contribution in [3.63, 3.8) is 0 Å². The zero-order valence-corrected chi connectivity index (χ0v) is 15.9. The maximum absolute atomic E-state index is 12.2. The number of aromatic nitrogens is 1. The third kappa shape index (κ3) is 5.28. The number of hydrogen-bond donors (Lipinski definition) is 2. The largest absolute Gasteiger partial charge is 0.507 e. The van der Waals surface area contributed by atoms with Gasteiger partial charge in [-0.25, -0.2) is 0 Å². The summed E-state index contributed by atoms with van der Waals surface area (Å²) in [5.41, 5.74) is 1.10. The van der Waals surface area contributed by atoms with E-state index in [0.29, 0.717) is 49.6 Å². The summed E-state index contributed by atoms with van der Waals surface area (Å²) in [7, 11) is 1.45. The number of aromatic hydroxyl groups is 1. The minimum atomic E-state index is -0.740. The fourth-order valence-electron chi connectivity index (χ4n) is 2.70. The van der Waals surface area contributed by atoms with Gasteiger partial charge in [0, 0.05) is 19.3 Å². The van der Waals surface area contributed by atoms with Crippen LogP contribution in [0.3, 0.4) is 0 Å². The van der Waals surface area contributed by atoms with Crippen LogP contribution in [-0.2, 0) is 4.74 Å². The summed E-state index contributed by atoms with van der Waals surface area (Å²) in [6.45, 7) is 3.92. The van der Waals surface area contributed by atoms with Gasteiger partial charge in [0.05, 0.1) is 43.2 Å². The molecule has 2 heterocycles. The topological polar surface area (TPSA) is 109 Å². The molecule has 150 valence electrons. The highest BCUT2D eigenvalue weighted by atomic mass is 16.5. The Morgan fingerprint density at radius 2 is 2.00 bits per heavy atom. The van der Waals surface area contributed by atoms with E-state index in [4.69, 9.17) is 14.6 Å². The number of aliphatic hydroxyl groups is 1. The Morgan fingerprint density at radius 1 is 1.29 bits per heavy atom. The summed E-state index contributed by atoms with van der Waals surface area (Å²) in [5.74, 6) is 0.247. The summed E-state index contributed by atoms with van der Waals surface area (Å²) < 4.78 is 10.0. The first-order chi connectivity index (χ1) is 13.5. The second-order valence-corrected chi connectivity index (χ2v) is 6.03. The molecule has 8 nitrogen and oxygen atoms in total. The van der Waals surface area contributed by atoms with E-state index in [0.717, 1.165) is 0 Å². The zero-order chi connectivity index (χ0) is 20.5. The van der Waals surface area contributed by atoms with Gasteiger partial charge < -0.3 is 24.6 Å². The predicted molar refractivity (Wildman–Crippen MR) is 102 cm³/mol. The monoisotopic (exact) mass is 388 g/mol. The van der Waals surface area contributed by atoms with Crippen molar-refractivity contribution in [2.75, 3.05) is 33.4 Å². The van der Waals surface area contributed by atoms with Gasteiger partial charge >= 0.3 is 0 Å². The van der Waals surface area contributed by atoms with E-state index in [-0.39, 0.29) is 17.2 Å². The van der Waals surface area contributed by atoms with Crippen molar-refractivity contribution in [2.24, 2.45) is 0 Å². The molecular weight excluding hydrogens is 364 g/mol. The molecule has 2 aromatic rings. The van der Waals surface area contributed by atoms with Crippen molar-refractivity contribution in [1.29, 1.82) is 0 Å². The van der Waals surface area contributed by atoms with Crippen LogP contribution in [0.4, 0.5) is 0 Å². The lowest BCUT2D eigenvalue weighted by atomic mass is 10.1. The molecule has 8 heteroatoms. The van der Waals surface area contributed by atoms with Crippen molar-refractivity contribution in [3.8, 4) is 11.5 Å². The molecule has 1 aliphatic heterocycles. The number of ether oxygens (including phenoxy) is 2. The Kier molecular flexibility index (Phi) is 7.91. The van der Waals surface area contributed by atoms with Crippen molar-refractivity contribution in [3.05, 3.63) is 53.3 Å². The minimum Gasteiger partial charge on any atom is -0.507 e. The van der Waals surface area contributed by atoms with Crippen LogP contribution in [0.15, 0.2) is 36.5 Å². The molecule has 3 rings (SSSR count). The highest BCUT2D eigenvalue weighted by Gasteiger charge is 2.22. The van der Waals surface area contributed by atoms with Crippen molar-refractivity contribution < 1.29 is 29.3 Å². The first kappa shape index (κ1) is 21.3. The number of pyridine rings is 1. The molecule has 1 aromatic heterocycles. The van der Waals surface area contributed by atoms with Gasteiger partial charge in [-0.1, -0.05) is 6.07 Å². The number of carbonyl (C=O) groups is 2. The lowest BCUT2D eigenvalue weighted by Gasteiger charge is -2.27. The number of hydrogen-bond acceptors (Lipinski definition) is 7. The molecule has 0 saturated carbocycles. The van der Waals surface area contributed by atoms with Crippen LogP contribution in [0, 0.1) is 0 Å². The number of aldehydes is 1. The average molecular weight is 388 g/mol. The number of rotatable bonds is 4. The third-order valence-electron chi connectivity index (χ3n) is 4.14. The van der Waals surface area contributed by atoms with Gasteiger partial charge in [-0.15, -0.1) is 0 Å². The van der Waals surface area contributed by atoms with E-state index in [1.54, 1.807) is 42.3 Å². The van der Waals surface area contributed by atoms with Gasteiger partial charge in [-0.3, -0.25) is 14.6 Å². The van der Waals surface area contributed by atoms with Crippen LogP contribution in [-0.4, -0.2) is 65.7 Å². The van der Waals surface area contributed by atoms with Crippen molar-refractivity contribution in [2.45, 2.75) is 13.0 Å². The lowest BCUT2D eigenvalue weighted by molar-refractivity contribution is 0.0299. The molecule has 0 aliphatic carbocycles. The Morgan fingerprint density at radius 3 is 2.57 bits per heavy atom. The van der Waals surface area contributed by atoms with Gasteiger partial charge in [0.2, 0.25) is 0 Å². The third-order valence-corrected chi connectivity index (χ3v) is 4.14. The van der Waals surface area contributed by atoms with E-state index < -0.39 is 6.10 Å². The van der Waals surface area contributed by atoms with Crippen LogP contribution in [0.2, 0.25) is 0 Å². The number of amides is 1. The molecule has 2 N–H and O–H groups in total. The number of benzene rings is 1. The van der Waals surface area contributed by atoms with Gasteiger partial charge in [-0.05, 0) is 31.2 Å². The smallest absolute Gasteiger partial charge is 0.255 e. The summed E-state index contributed by atoms with van der Waals surface area (Å²) in [6.07, 6.45) is 1.41. The normalized spacial score (nSPS) is 14.5. The van der Waals surface area contributed by atoms with E-state index in [9.17, 15) is 14.7 Å². The number of morpholine rings is 1. The standard InChI is InChI=1S/C12H16N2O3.C8H8O3/c1-9(15)11-10(3-2-4-13-11)12(16)14-5-7-17-8-6-14;1-11-8-4-2-3-7(10)6(8)5-9/h2-4,9,15H,5-8H2,1H3;2-5,10H,1H3. The molecule has 1 saturated heterocycles. The van der Waals surface area contributed by atoms with Crippen LogP contribution < -0.4 is 4.74 Å². The molecule has 1 atom stereocenters. The van der Waals surface area contributed by atoms with Gasteiger partial charge in [0.25, 0.3) is 5.91 Å². The Labute approximate surface area is 163 Å². The minimum absolute atomic E-state index is 0.0562. The fourth-order valence-corrected chi connectivity index (χ4v) is 2.70. The van der Waals surface area contributed by atoms with E-state index >= 15 is 0 Å². The highest BCUT2D eigenvalue weighted by molar-refractivity contribution is 5.95. The summed E-state index contributed by atoms with van der Waals surface area (Å²) in [4.78, 5) is 28.4. The molecule has 1 unspecified atom stereocenters. The average Bonchev–Trinajstić information content (AvgIpc) is 2.74. The molecule has 28 heavy (non-hydrogen) atoms. The Balaban J connectivity index is 0.000000221. The summed E-state index contributed by atoms with van der Waals surface area (Å²) in [6, 6.07) is 8.07. The first-order valence-corrected chi connectivity index (χ1v) is 8.80. The molecular formula is C20H24N2O6. The van der Waals surface area contributed by atoms with Gasteiger partial charge in [0.15, 0.2) is 6.29 Å². The number of carbonyl (C=O) groups excluding carboxylic acids is 2. The van der Waals surface area contributed by atoms with Crippen LogP contribution in [0.1, 0.15) is 39.4 Å². The molecule has 1 aromatic carbocycles. The lowest BCUT2D eigenvalue weighted by Crippen LogP contribution is -2.41. The van der Waals surface area contributed by atoms with E-state index in [1.165, 1.54) is 13.2 Å². The Bertz CT molecular complexity index is 803. The van der Waals surface area contributed by atoms with E-state index in [1.807, 2.05) is 0 Å². The van der Waals surface area contributed by atoms with Crippen molar-refractivity contribution >= 4 is 12.2 Å². The number of nitrogens with zero attached hydrogens (tertiary/aromatic N) is 2. The molecule has 0 spiro atoms. The maximum atomic E-state index is 12.2. The molecule has 1 amide bonds. The van der Waals surface area contributed by atoms with Crippen LogP contribution in [0.5, 0.6) is 11.5 Å². The van der Waals surface area contributed by atoms with Gasteiger partial charge in [-0.2, -0.15) is 0 Å². The SMILES string of the molecule is CC(O)c1ncccc1C(=O)N1CCOCC1.COc1cccc(O)c1C=O. The number of phenolic OH excluding ortho intramolecular Hbond substituents is 1. The van der Waals surface area contributed by atoms with E-state index in [2.05, 4.69) is 4.98 Å². The summed E-state index contributed by atoms with van der Waals surface area (Å²) in [5, 5.41) is 18.7. The maximum Gasteiger partial charge on any atom is 0.255 e. The highest BCUT2D eigenvalue weighted by Crippen LogP contribution is 2.24. The van der Waals surface area contributed by atoms with Crippen molar-refractivity contribution in [1.82, 2.24) is 9.88 Å². The molecule has 0 radical (unpaired) electrons. The van der Waals surface area contributed by atoms with Gasteiger partial charge in [0.1, 0.15) is 11.5 Å². The zero-order valence-electron chi connectivity index (χ0n) is 15.9. The number of methoxy groups -OCH3 is 1. The first-order valence-electron chi connectivity index (χ1n) is 8.80. The second kappa shape index (κ2) is 10.4. The fraction of sp³-hybridized carbons (Fsp3) is 0.350. The van der Waals surface area contributed by atoms with Crippen LogP contribution in [0.25, 0.3) is 0 Å². The second-order valence-electron chi connectivity index (χ2n) is 6.03. The summed E-state index contributed by atoms with van der Waals surface area (Å²) >= 11 is 0. The Hall–Kier alpha value is -2.97.